The van der Waals surface area contributed by atoms with Crippen molar-refractivity contribution in [1.29, 1.82) is 0 Å². The zero-order chi connectivity index (χ0) is 18.1. The molecule has 0 aliphatic carbocycles. The third-order valence-electron chi connectivity index (χ3n) is 4.23. The third kappa shape index (κ3) is 5.96. The highest BCUT2D eigenvalue weighted by Crippen LogP contribution is 2.11. The molecule has 0 aliphatic heterocycles. The number of amides is 1. The summed E-state index contributed by atoms with van der Waals surface area (Å²) in [6.07, 6.45) is 0. The number of nitrogens with zero attached hydrogens (tertiary/aromatic N) is 2. The van der Waals surface area contributed by atoms with E-state index in [1.165, 1.54) is 7.11 Å². The van der Waals surface area contributed by atoms with Gasteiger partial charge < -0.3 is 14.5 Å². The molecule has 24 heavy (non-hydrogen) atoms. The molecule has 0 saturated heterocycles. The van der Waals surface area contributed by atoms with Crippen molar-refractivity contribution < 1.29 is 14.3 Å². The van der Waals surface area contributed by atoms with E-state index in [9.17, 15) is 9.59 Å². The van der Waals surface area contributed by atoms with E-state index in [0.29, 0.717) is 18.7 Å². The van der Waals surface area contributed by atoms with Crippen molar-refractivity contribution >= 4 is 11.9 Å². The summed E-state index contributed by atoms with van der Waals surface area (Å²) in [5, 5.41) is 0. The topological polar surface area (TPSA) is 49.9 Å². The summed E-state index contributed by atoms with van der Waals surface area (Å²) in [5.41, 5.74) is 1.71. The maximum Gasteiger partial charge on any atom is 0.310 e. The standard InChI is InChI=1S/C19H30N2O3/c1-6-20(7-2)11-12-21(14-16(4)19(23)24-5)18(22)17-10-8-9-15(3)13-17/h8-10,13,16H,6-7,11-12,14H2,1-5H3. The van der Waals surface area contributed by atoms with Crippen molar-refractivity contribution in [1.82, 2.24) is 9.80 Å². The molecule has 1 aromatic rings. The van der Waals surface area contributed by atoms with Gasteiger partial charge in [-0.05, 0) is 32.1 Å². The number of benzene rings is 1. The first-order chi connectivity index (χ1) is 11.4. The number of carbonyl (C=O) groups is 2. The van der Waals surface area contributed by atoms with Crippen LogP contribution >= 0.6 is 0 Å². The van der Waals surface area contributed by atoms with Gasteiger partial charge >= 0.3 is 5.97 Å². The Bertz CT molecular complexity index is 541. The molecular weight excluding hydrogens is 304 g/mol. The molecule has 1 aromatic carbocycles. The number of aryl methyl sites for hydroxylation is 1. The summed E-state index contributed by atoms with van der Waals surface area (Å²) in [5.74, 6) is -0.679. The lowest BCUT2D eigenvalue weighted by atomic mass is 10.1. The highest BCUT2D eigenvalue weighted by Gasteiger charge is 2.23. The second-order valence-electron chi connectivity index (χ2n) is 6.07. The predicted molar refractivity (Wildman–Crippen MR) is 96.1 cm³/mol. The molecule has 0 saturated carbocycles. The van der Waals surface area contributed by atoms with Crippen LogP contribution in [0.15, 0.2) is 24.3 Å². The van der Waals surface area contributed by atoms with Crippen molar-refractivity contribution in [3.05, 3.63) is 35.4 Å². The van der Waals surface area contributed by atoms with E-state index in [0.717, 1.165) is 25.2 Å². The van der Waals surface area contributed by atoms with E-state index in [1.807, 2.05) is 31.2 Å². The summed E-state index contributed by atoms with van der Waals surface area (Å²) in [4.78, 5) is 28.7. The second kappa shape index (κ2) is 10.1. The van der Waals surface area contributed by atoms with Crippen LogP contribution < -0.4 is 0 Å². The van der Waals surface area contributed by atoms with Crippen molar-refractivity contribution in [3.63, 3.8) is 0 Å². The average molecular weight is 334 g/mol. The zero-order valence-corrected chi connectivity index (χ0v) is 15.5. The normalized spacial score (nSPS) is 12.1. The molecular formula is C19H30N2O3. The molecule has 0 bridgehead atoms. The van der Waals surface area contributed by atoms with Crippen molar-refractivity contribution in [3.8, 4) is 0 Å². The third-order valence-corrected chi connectivity index (χ3v) is 4.23. The molecule has 0 fully saturated rings. The Morgan fingerprint density at radius 1 is 1.17 bits per heavy atom. The smallest absolute Gasteiger partial charge is 0.310 e. The fourth-order valence-corrected chi connectivity index (χ4v) is 2.64. The molecule has 0 aromatic heterocycles. The number of esters is 1. The van der Waals surface area contributed by atoms with Gasteiger partial charge in [0.25, 0.3) is 5.91 Å². The van der Waals surface area contributed by atoms with E-state index in [-0.39, 0.29) is 17.8 Å². The van der Waals surface area contributed by atoms with Crippen LogP contribution in [0.4, 0.5) is 0 Å². The van der Waals surface area contributed by atoms with Gasteiger partial charge in [0, 0.05) is 25.2 Å². The van der Waals surface area contributed by atoms with Gasteiger partial charge in [0.1, 0.15) is 0 Å². The first-order valence-electron chi connectivity index (χ1n) is 8.59. The van der Waals surface area contributed by atoms with E-state index in [4.69, 9.17) is 4.74 Å². The van der Waals surface area contributed by atoms with Crippen molar-refractivity contribution in [2.24, 2.45) is 5.92 Å². The Labute approximate surface area is 145 Å². The van der Waals surface area contributed by atoms with Crippen LogP contribution in [0.5, 0.6) is 0 Å². The van der Waals surface area contributed by atoms with E-state index in [1.54, 1.807) is 11.8 Å². The highest BCUT2D eigenvalue weighted by atomic mass is 16.5. The van der Waals surface area contributed by atoms with Gasteiger partial charge in [-0.15, -0.1) is 0 Å². The molecule has 0 radical (unpaired) electrons. The van der Waals surface area contributed by atoms with E-state index in [2.05, 4.69) is 18.7 Å². The minimum atomic E-state index is -0.347. The predicted octanol–water partition coefficient (Wildman–Crippen LogP) is 2.59. The lowest BCUT2D eigenvalue weighted by Crippen LogP contribution is -2.42. The van der Waals surface area contributed by atoms with Crippen LogP contribution in [0.25, 0.3) is 0 Å². The number of hydrogen-bond acceptors (Lipinski definition) is 4. The molecule has 0 N–H and O–H groups in total. The van der Waals surface area contributed by atoms with Gasteiger partial charge in [-0.3, -0.25) is 9.59 Å². The lowest BCUT2D eigenvalue weighted by Gasteiger charge is -2.28. The maximum absolute atomic E-state index is 12.9. The van der Waals surface area contributed by atoms with Gasteiger partial charge in [-0.2, -0.15) is 0 Å². The Morgan fingerprint density at radius 2 is 1.83 bits per heavy atom. The monoisotopic (exact) mass is 334 g/mol. The summed E-state index contributed by atoms with van der Waals surface area (Å²) >= 11 is 0. The molecule has 5 heteroatoms. The highest BCUT2D eigenvalue weighted by molar-refractivity contribution is 5.94. The summed E-state index contributed by atoms with van der Waals surface area (Å²) in [7, 11) is 1.38. The van der Waals surface area contributed by atoms with Crippen molar-refractivity contribution in [2.45, 2.75) is 27.7 Å². The van der Waals surface area contributed by atoms with Crippen LogP contribution in [0.1, 0.15) is 36.7 Å². The van der Waals surface area contributed by atoms with Crippen molar-refractivity contribution in [2.75, 3.05) is 39.8 Å². The Balaban J connectivity index is 2.90. The van der Waals surface area contributed by atoms with Gasteiger partial charge in [-0.25, -0.2) is 0 Å². The number of methoxy groups -OCH3 is 1. The van der Waals surface area contributed by atoms with Crippen LogP contribution in [-0.4, -0.2) is 61.5 Å². The average Bonchev–Trinajstić information content (AvgIpc) is 2.59. The van der Waals surface area contributed by atoms with E-state index < -0.39 is 0 Å². The van der Waals surface area contributed by atoms with Gasteiger partial charge in [-0.1, -0.05) is 38.5 Å². The Morgan fingerprint density at radius 3 is 2.38 bits per heavy atom. The summed E-state index contributed by atoms with van der Waals surface area (Å²) in [6, 6.07) is 7.56. The largest absolute Gasteiger partial charge is 0.469 e. The fraction of sp³-hybridized carbons (Fsp3) is 0.579. The van der Waals surface area contributed by atoms with Crippen LogP contribution in [0, 0.1) is 12.8 Å². The number of rotatable bonds is 9. The fourth-order valence-electron chi connectivity index (χ4n) is 2.64. The molecule has 1 unspecified atom stereocenters. The second-order valence-corrected chi connectivity index (χ2v) is 6.07. The van der Waals surface area contributed by atoms with Gasteiger partial charge in [0.05, 0.1) is 13.0 Å². The van der Waals surface area contributed by atoms with Gasteiger partial charge in [0.2, 0.25) is 0 Å². The summed E-state index contributed by atoms with van der Waals surface area (Å²) in [6.45, 7) is 11.6. The Kier molecular flexibility index (Phi) is 8.47. The van der Waals surface area contributed by atoms with Crippen LogP contribution in [0.3, 0.4) is 0 Å². The number of hydrogen-bond donors (Lipinski definition) is 0. The molecule has 0 aliphatic rings. The molecule has 1 amide bonds. The van der Waals surface area contributed by atoms with Gasteiger partial charge in [0.15, 0.2) is 0 Å². The number of carbonyl (C=O) groups excluding carboxylic acids is 2. The minimum absolute atomic E-state index is 0.0402. The number of likely N-dealkylation sites (N-methyl/N-ethyl adjacent to an activating group) is 1. The van der Waals surface area contributed by atoms with Crippen LogP contribution in [0.2, 0.25) is 0 Å². The zero-order valence-electron chi connectivity index (χ0n) is 15.5. The summed E-state index contributed by atoms with van der Waals surface area (Å²) < 4.78 is 4.80. The number of ether oxygens (including phenoxy) is 1. The first-order valence-corrected chi connectivity index (χ1v) is 8.59. The first kappa shape index (κ1) is 20.2. The Hall–Kier alpha value is -1.88. The molecule has 1 atom stereocenters. The lowest BCUT2D eigenvalue weighted by molar-refractivity contribution is -0.145. The van der Waals surface area contributed by atoms with Crippen LogP contribution in [-0.2, 0) is 9.53 Å². The molecule has 0 heterocycles. The molecule has 5 nitrogen and oxygen atoms in total. The SMILES string of the molecule is CCN(CC)CCN(CC(C)C(=O)OC)C(=O)c1cccc(C)c1. The maximum atomic E-state index is 12.9. The minimum Gasteiger partial charge on any atom is -0.469 e. The molecule has 134 valence electrons. The molecule has 0 spiro atoms. The van der Waals surface area contributed by atoms with E-state index >= 15 is 0 Å². The quantitative estimate of drug-likeness (QED) is 0.651. The molecule has 1 rings (SSSR count).